The maximum atomic E-state index is 11.4. The number of nitrogens with one attached hydrogen (secondary N) is 1. The molecule has 0 fully saturated rings. The summed E-state index contributed by atoms with van der Waals surface area (Å²) in [5.41, 5.74) is 1.58. The molecule has 0 spiro atoms. The van der Waals surface area contributed by atoms with Crippen molar-refractivity contribution in [1.29, 1.82) is 0 Å². The minimum absolute atomic E-state index is 0.0535. The second-order valence-corrected chi connectivity index (χ2v) is 3.23. The molecule has 70 valence electrons. The standard InChI is InChI=1S/C10H12ClNO/c1-3-12-10(13)8-4-5-9(11)7(2)6-8/h4-6H,3H2,1-2H3,(H,12,13). The number of amides is 1. The molecular formula is C10H12ClNO. The van der Waals surface area contributed by atoms with Crippen molar-refractivity contribution < 1.29 is 4.79 Å². The number of benzene rings is 1. The molecule has 1 aromatic rings. The Labute approximate surface area is 82.9 Å². The Morgan fingerprint density at radius 2 is 2.23 bits per heavy atom. The van der Waals surface area contributed by atoms with E-state index in [0.717, 1.165) is 5.56 Å². The second-order valence-electron chi connectivity index (χ2n) is 2.82. The van der Waals surface area contributed by atoms with Gasteiger partial charge in [-0.3, -0.25) is 4.79 Å². The van der Waals surface area contributed by atoms with Crippen LogP contribution < -0.4 is 5.32 Å². The molecule has 0 aliphatic heterocycles. The van der Waals surface area contributed by atoms with Crippen LogP contribution >= 0.6 is 11.6 Å². The van der Waals surface area contributed by atoms with Crippen molar-refractivity contribution >= 4 is 17.5 Å². The second kappa shape index (κ2) is 4.28. The zero-order valence-corrected chi connectivity index (χ0v) is 8.48. The Morgan fingerprint density at radius 1 is 1.54 bits per heavy atom. The van der Waals surface area contributed by atoms with Gasteiger partial charge >= 0.3 is 0 Å². The molecule has 0 aliphatic carbocycles. The Kier molecular flexibility index (Phi) is 3.32. The van der Waals surface area contributed by atoms with E-state index in [2.05, 4.69) is 5.32 Å². The average Bonchev–Trinajstić information content (AvgIpc) is 2.10. The number of aryl methyl sites for hydroxylation is 1. The number of halogens is 1. The monoisotopic (exact) mass is 197 g/mol. The Hall–Kier alpha value is -1.02. The van der Waals surface area contributed by atoms with E-state index in [4.69, 9.17) is 11.6 Å². The fourth-order valence-electron chi connectivity index (χ4n) is 1.05. The van der Waals surface area contributed by atoms with E-state index in [0.29, 0.717) is 17.1 Å². The summed E-state index contributed by atoms with van der Waals surface area (Å²) in [5.74, 6) is -0.0535. The first-order valence-electron chi connectivity index (χ1n) is 4.19. The summed E-state index contributed by atoms with van der Waals surface area (Å²) in [6.45, 7) is 4.41. The molecule has 1 N–H and O–H groups in total. The van der Waals surface area contributed by atoms with Gasteiger partial charge in [-0.2, -0.15) is 0 Å². The lowest BCUT2D eigenvalue weighted by Crippen LogP contribution is -2.22. The first-order valence-corrected chi connectivity index (χ1v) is 4.57. The summed E-state index contributed by atoms with van der Waals surface area (Å²) in [5, 5.41) is 3.41. The normalized spacial score (nSPS) is 9.77. The van der Waals surface area contributed by atoms with Crippen LogP contribution in [0.25, 0.3) is 0 Å². The number of hydrogen-bond acceptors (Lipinski definition) is 1. The predicted molar refractivity (Wildman–Crippen MR) is 54.2 cm³/mol. The Morgan fingerprint density at radius 3 is 2.77 bits per heavy atom. The number of carbonyl (C=O) groups is 1. The molecule has 0 bridgehead atoms. The molecule has 0 atom stereocenters. The van der Waals surface area contributed by atoms with E-state index in [9.17, 15) is 4.79 Å². The highest BCUT2D eigenvalue weighted by Gasteiger charge is 2.04. The van der Waals surface area contributed by atoms with Crippen LogP contribution in [0.2, 0.25) is 5.02 Å². The summed E-state index contributed by atoms with van der Waals surface area (Å²) in [6, 6.07) is 5.25. The van der Waals surface area contributed by atoms with Gasteiger partial charge < -0.3 is 5.32 Å². The van der Waals surface area contributed by atoms with Crippen LogP contribution in [0.5, 0.6) is 0 Å². The lowest BCUT2D eigenvalue weighted by atomic mass is 10.1. The van der Waals surface area contributed by atoms with E-state index in [-0.39, 0.29) is 5.91 Å². The van der Waals surface area contributed by atoms with Crippen LogP contribution in [0.15, 0.2) is 18.2 Å². The molecule has 1 rings (SSSR count). The summed E-state index contributed by atoms with van der Waals surface area (Å²) < 4.78 is 0. The topological polar surface area (TPSA) is 29.1 Å². The van der Waals surface area contributed by atoms with Crippen molar-refractivity contribution in [1.82, 2.24) is 5.32 Å². The minimum atomic E-state index is -0.0535. The van der Waals surface area contributed by atoms with Crippen molar-refractivity contribution in [3.05, 3.63) is 34.3 Å². The van der Waals surface area contributed by atoms with E-state index < -0.39 is 0 Å². The third-order valence-electron chi connectivity index (χ3n) is 1.76. The van der Waals surface area contributed by atoms with E-state index in [1.807, 2.05) is 13.8 Å². The fraction of sp³-hybridized carbons (Fsp3) is 0.300. The van der Waals surface area contributed by atoms with Crippen LogP contribution in [0.4, 0.5) is 0 Å². The smallest absolute Gasteiger partial charge is 0.251 e. The average molecular weight is 198 g/mol. The van der Waals surface area contributed by atoms with E-state index in [1.54, 1.807) is 18.2 Å². The Bertz CT molecular complexity index is 323. The zero-order valence-electron chi connectivity index (χ0n) is 7.73. The molecule has 1 amide bonds. The molecule has 13 heavy (non-hydrogen) atoms. The van der Waals surface area contributed by atoms with Gasteiger partial charge in [0.1, 0.15) is 0 Å². The SMILES string of the molecule is CCNC(=O)c1ccc(Cl)c(C)c1. The minimum Gasteiger partial charge on any atom is -0.352 e. The summed E-state index contributed by atoms with van der Waals surface area (Å²) in [7, 11) is 0. The van der Waals surface area contributed by atoms with Crippen molar-refractivity contribution in [3.63, 3.8) is 0 Å². The predicted octanol–water partition coefficient (Wildman–Crippen LogP) is 2.40. The highest BCUT2D eigenvalue weighted by molar-refractivity contribution is 6.31. The first-order chi connectivity index (χ1) is 6.15. The van der Waals surface area contributed by atoms with Crippen LogP contribution in [-0.4, -0.2) is 12.5 Å². The highest BCUT2D eigenvalue weighted by Crippen LogP contribution is 2.15. The molecule has 0 aromatic heterocycles. The van der Waals surface area contributed by atoms with Gasteiger partial charge in [0.05, 0.1) is 0 Å². The Balaban J connectivity index is 2.90. The molecule has 1 aromatic carbocycles. The third kappa shape index (κ3) is 2.46. The van der Waals surface area contributed by atoms with E-state index in [1.165, 1.54) is 0 Å². The van der Waals surface area contributed by atoms with Crippen LogP contribution in [-0.2, 0) is 0 Å². The van der Waals surface area contributed by atoms with E-state index >= 15 is 0 Å². The molecule has 3 heteroatoms. The van der Waals surface area contributed by atoms with Crippen molar-refractivity contribution in [3.8, 4) is 0 Å². The van der Waals surface area contributed by atoms with Crippen LogP contribution in [0, 0.1) is 6.92 Å². The molecule has 0 saturated carbocycles. The summed E-state index contributed by atoms with van der Waals surface area (Å²) in [6.07, 6.45) is 0. The van der Waals surface area contributed by atoms with Crippen molar-refractivity contribution in [2.75, 3.05) is 6.54 Å². The number of hydrogen-bond donors (Lipinski definition) is 1. The van der Waals surface area contributed by atoms with Gasteiger partial charge in [-0.15, -0.1) is 0 Å². The fourth-order valence-corrected chi connectivity index (χ4v) is 1.17. The molecule has 0 unspecified atom stereocenters. The first kappa shape index (κ1) is 10.1. The van der Waals surface area contributed by atoms with Gasteiger partial charge in [0.15, 0.2) is 0 Å². The molecule has 0 saturated heterocycles. The van der Waals surface area contributed by atoms with Gasteiger partial charge in [-0.25, -0.2) is 0 Å². The van der Waals surface area contributed by atoms with Crippen molar-refractivity contribution in [2.45, 2.75) is 13.8 Å². The van der Waals surface area contributed by atoms with Gasteiger partial charge in [0.25, 0.3) is 5.91 Å². The summed E-state index contributed by atoms with van der Waals surface area (Å²) in [4.78, 5) is 11.4. The van der Waals surface area contributed by atoms with Gasteiger partial charge in [-0.1, -0.05) is 11.6 Å². The van der Waals surface area contributed by atoms with Crippen LogP contribution in [0.1, 0.15) is 22.8 Å². The largest absolute Gasteiger partial charge is 0.352 e. The maximum absolute atomic E-state index is 11.4. The third-order valence-corrected chi connectivity index (χ3v) is 2.18. The molecule has 0 radical (unpaired) electrons. The lowest BCUT2D eigenvalue weighted by Gasteiger charge is -2.03. The van der Waals surface area contributed by atoms with Gasteiger partial charge in [0.2, 0.25) is 0 Å². The van der Waals surface area contributed by atoms with Gasteiger partial charge in [-0.05, 0) is 37.6 Å². The van der Waals surface area contributed by atoms with Crippen molar-refractivity contribution in [2.24, 2.45) is 0 Å². The molecule has 0 aliphatic rings. The molecule has 2 nitrogen and oxygen atoms in total. The maximum Gasteiger partial charge on any atom is 0.251 e. The van der Waals surface area contributed by atoms with Crippen LogP contribution in [0.3, 0.4) is 0 Å². The quantitative estimate of drug-likeness (QED) is 0.775. The highest BCUT2D eigenvalue weighted by atomic mass is 35.5. The number of rotatable bonds is 2. The number of carbonyl (C=O) groups excluding carboxylic acids is 1. The zero-order chi connectivity index (χ0) is 9.84. The lowest BCUT2D eigenvalue weighted by molar-refractivity contribution is 0.0956. The van der Waals surface area contributed by atoms with Gasteiger partial charge in [0, 0.05) is 17.1 Å². The summed E-state index contributed by atoms with van der Waals surface area (Å²) >= 11 is 5.83. The molecule has 0 heterocycles. The molecular weight excluding hydrogens is 186 g/mol.